The van der Waals surface area contributed by atoms with E-state index in [1.54, 1.807) is 67.7 Å². The van der Waals surface area contributed by atoms with Crippen LogP contribution in [0.5, 0.6) is 11.5 Å². The standard InChI is InChI=1S/C57H64ClFN10O7S/c1-5-46(71)67-23-25-68(26-24-67)53-42-32-43(58)48(41-31-38(70)29-36-15-9-10-18-40(36)41)49(59)51(42)64-57(65-53)61-21-20-47(72)66(4)27-28-76-39-17-11-16-37(30-39)52(73)44-33-77-55(62-44)45-19-12-22-69(45)56(75)50(35-13-7-6-8-14-35)63-54(74)34(2)60-3/h5,9-11,15-18,29-35,45,50,60,70H,1,6-8,12-14,19-28H2,2-4H3,(H,63,74)(H,61,64,65)/t34-,45-,50?/m0/s1. The maximum atomic E-state index is 17.1. The van der Waals surface area contributed by atoms with Gasteiger partial charge in [-0.25, -0.2) is 14.4 Å². The minimum absolute atomic E-state index is 0.0114. The van der Waals surface area contributed by atoms with Gasteiger partial charge in [-0.3, -0.25) is 24.0 Å². The maximum Gasteiger partial charge on any atom is 0.246 e. The first kappa shape index (κ1) is 54.6. The zero-order valence-electron chi connectivity index (χ0n) is 43.5. The fourth-order valence-electron chi connectivity index (χ4n) is 10.6. The van der Waals surface area contributed by atoms with Crippen LogP contribution in [-0.2, 0) is 19.2 Å². The molecule has 1 aliphatic carbocycles. The number of carbonyl (C=O) groups excluding carboxylic acids is 5. The molecule has 4 amide bonds. The first-order valence-corrected chi connectivity index (χ1v) is 27.6. The van der Waals surface area contributed by atoms with Gasteiger partial charge in [0, 0.05) is 74.6 Å². The van der Waals surface area contributed by atoms with Gasteiger partial charge in [0.25, 0.3) is 0 Å². The monoisotopic (exact) mass is 1090 g/mol. The molecule has 77 heavy (non-hydrogen) atoms. The number of nitrogens with zero attached hydrogens (tertiary/aromatic N) is 7. The van der Waals surface area contributed by atoms with Gasteiger partial charge in [0.1, 0.15) is 46.2 Å². The number of hydrogen-bond acceptors (Lipinski definition) is 14. The van der Waals surface area contributed by atoms with Crippen LogP contribution in [0.4, 0.5) is 16.2 Å². The van der Waals surface area contributed by atoms with Gasteiger partial charge in [0.2, 0.25) is 35.4 Å². The summed E-state index contributed by atoms with van der Waals surface area (Å²) in [6, 6.07) is 17.4. The van der Waals surface area contributed by atoms with Crippen LogP contribution >= 0.6 is 22.9 Å². The third-order valence-electron chi connectivity index (χ3n) is 15.0. The van der Waals surface area contributed by atoms with Gasteiger partial charge < -0.3 is 45.4 Å². The quantitative estimate of drug-likeness (QED) is 0.0448. The number of piperazine rings is 1. The predicted octanol–water partition coefficient (Wildman–Crippen LogP) is 8.15. The van der Waals surface area contributed by atoms with E-state index in [1.807, 2.05) is 34.1 Å². The Balaban J connectivity index is 0.826. The lowest BCUT2D eigenvalue weighted by molar-refractivity contribution is -0.139. The minimum Gasteiger partial charge on any atom is -0.508 e. The average molecular weight is 1090 g/mol. The number of nitrogens with one attached hydrogen (secondary N) is 3. The highest BCUT2D eigenvalue weighted by Gasteiger charge is 2.40. The lowest BCUT2D eigenvalue weighted by Crippen LogP contribution is -2.55. The maximum absolute atomic E-state index is 17.1. The molecule has 20 heteroatoms. The number of aromatic hydroxyl groups is 1. The van der Waals surface area contributed by atoms with Crippen LogP contribution in [0.15, 0.2) is 84.8 Å². The van der Waals surface area contributed by atoms with Crippen LogP contribution in [0.3, 0.4) is 0 Å². The van der Waals surface area contributed by atoms with Crippen molar-refractivity contribution in [3.63, 3.8) is 0 Å². The Morgan fingerprint density at radius 2 is 1.73 bits per heavy atom. The summed E-state index contributed by atoms with van der Waals surface area (Å²) in [6.45, 7) is 7.99. The lowest BCUT2D eigenvalue weighted by Gasteiger charge is -2.35. The number of hydrogen-bond donors (Lipinski definition) is 4. The highest BCUT2D eigenvalue weighted by atomic mass is 35.5. The molecular weight excluding hydrogens is 1020 g/mol. The SMILES string of the molecule is C=CC(=O)N1CCN(c2nc(NCCC(=O)N(C)CCOc3cccc(C(=O)c4csc([C@@H]5CCCN5C(=O)C(NC(=O)[C@H](C)NC)C5CCCCC5)n4)c3)nc3c(F)c(-c4cc(O)cc5ccccc45)c(Cl)cc23)CC1. The van der Waals surface area contributed by atoms with Crippen molar-refractivity contribution in [2.24, 2.45) is 5.92 Å². The largest absolute Gasteiger partial charge is 0.508 e. The number of likely N-dealkylation sites (tertiary alicyclic amines) is 1. The fourth-order valence-corrected chi connectivity index (χ4v) is 11.8. The Morgan fingerprint density at radius 3 is 2.49 bits per heavy atom. The van der Waals surface area contributed by atoms with E-state index < -0.39 is 17.9 Å². The van der Waals surface area contributed by atoms with Gasteiger partial charge in [-0.2, -0.15) is 4.98 Å². The van der Waals surface area contributed by atoms with Crippen LogP contribution in [0.1, 0.15) is 85.4 Å². The summed E-state index contributed by atoms with van der Waals surface area (Å²) in [7, 11) is 3.38. The van der Waals surface area contributed by atoms with Crippen LogP contribution in [-0.4, -0.2) is 143 Å². The molecule has 0 spiro atoms. The van der Waals surface area contributed by atoms with Gasteiger partial charge in [-0.05, 0) is 98.3 Å². The third-order valence-corrected chi connectivity index (χ3v) is 16.2. The Labute approximate surface area is 455 Å². The molecule has 1 unspecified atom stereocenters. The number of amides is 4. The molecule has 4 aromatic carbocycles. The van der Waals surface area contributed by atoms with Crippen molar-refractivity contribution in [3.05, 3.63) is 112 Å². The second-order valence-corrected chi connectivity index (χ2v) is 21.2. The van der Waals surface area contributed by atoms with Gasteiger partial charge in [-0.1, -0.05) is 73.8 Å². The summed E-state index contributed by atoms with van der Waals surface area (Å²) < 4.78 is 23.1. The fraction of sp³-hybridized carbons (Fsp3) is 0.404. The normalized spacial score (nSPS) is 16.8. The number of benzene rings is 4. The molecule has 0 bridgehead atoms. The van der Waals surface area contributed by atoms with Crippen molar-refractivity contribution in [2.75, 3.05) is 76.7 Å². The van der Waals surface area contributed by atoms with Gasteiger partial charge in [0.05, 0.1) is 23.7 Å². The molecule has 3 atom stereocenters. The number of ether oxygens (including phenoxy) is 1. The average Bonchev–Trinajstić information content (AvgIpc) is 4.17. The van der Waals surface area contributed by atoms with Crippen molar-refractivity contribution in [1.29, 1.82) is 0 Å². The first-order valence-electron chi connectivity index (χ1n) is 26.3. The van der Waals surface area contributed by atoms with E-state index >= 15 is 4.39 Å². The number of phenolic OH excluding ortho intramolecular Hbond substituents is 1. The number of anilines is 2. The summed E-state index contributed by atoms with van der Waals surface area (Å²) in [4.78, 5) is 88.2. The van der Waals surface area contributed by atoms with Crippen molar-refractivity contribution < 1.29 is 38.2 Å². The number of carbonyl (C=O) groups is 5. The molecule has 3 fully saturated rings. The van der Waals surface area contributed by atoms with Crippen LogP contribution in [0.25, 0.3) is 32.8 Å². The molecule has 4 heterocycles. The Morgan fingerprint density at radius 1 is 0.948 bits per heavy atom. The van der Waals surface area contributed by atoms with Crippen molar-refractivity contribution in [3.8, 4) is 22.6 Å². The van der Waals surface area contributed by atoms with E-state index in [-0.39, 0.29) is 101 Å². The van der Waals surface area contributed by atoms with E-state index in [0.29, 0.717) is 83.0 Å². The second-order valence-electron chi connectivity index (χ2n) is 19.9. The van der Waals surface area contributed by atoms with E-state index in [4.69, 9.17) is 26.3 Å². The van der Waals surface area contributed by atoms with Crippen LogP contribution in [0, 0.1) is 11.7 Å². The molecule has 6 aromatic rings. The van der Waals surface area contributed by atoms with Crippen molar-refractivity contribution in [2.45, 2.75) is 76.4 Å². The minimum atomic E-state index is -0.707. The molecule has 404 valence electrons. The number of rotatable bonds is 19. The molecule has 2 aliphatic heterocycles. The molecule has 17 nitrogen and oxygen atoms in total. The summed E-state index contributed by atoms with van der Waals surface area (Å²) in [6.07, 6.45) is 7.76. The third kappa shape index (κ3) is 12.2. The number of ketones is 1. The topological polar surface area (TPSA) is 203 Å². The van der Waals surface area contributed by atoms with Crippen molar-refractivity contribution >= 4 is 85.8 Å². The molecule has 0 radical (unpaired) electrons. The van der Waals surface area contributed by atoms with Gasteiger partial charge >= 0.3 is 0 Å². The number of fused-ring (bicyclic) bond motifs is 2. The Bertz CT molecular complexity index is 3200. The number of phenols is 1. The smallest absolute Gasteiger partial charge is 0.246 e. The summed E-state index contributed by atoms with van der Waals surface area (Å²) in [5.74, 6) is -0.736. The lowest BCUT2D eigenvalue weighted by atomic mass is 9.83. The second kappa shape index (κ2) is 24.4. The van der Waals surface area contributed by atoms with Gasteiger partial charge in [-0.15, -0.1) is 11.3 Å². The van der Waals surface area contributed by atoms with E-state index in [9.17, 15) is 29.1 Å². The summed E-state index contributed by atoms with van der Waals surface area (Å²) in [5.41, 5.74) is 1.10. The molecule has 2 saturated heterocycles. The molecule has 4 N–H and O–H groups in total. The zero-order chi connectivity index (χ0) is 54.3. The molecule has 2 aromatic heterocycles. The first-order chi connectivity index (χ1) is 37.2. The molecule has 1 saturated carbocycles. The highest BCUT2D eigenvalue weighted by molar-refractivity contribution is 7.10. The molecular formula is C57H64ClFN10O7S. The number of thiazole rings is 1. The van der Waals surface area contributed by atoms with Gasteiger partial charge in [0.15, 0.2) is 5.82 Å². The highest BCUT2D eigenvalue weighted by Crippen LogP contribution is 2.43. The van der Waals surface area contributed by atoms with E-state index in [2.05, 4.69) is 27.5 Å². The number of likely N-dealkylation sites (N-methyl/N-ethyl adjacent to an activating group) is 2. The predicted molar refractivity (Wildman–Crippen MR) is 297 cm³/mol. The molecule has 9 rings (SSSR count). The van der Waals surface area contributed by atoms with Crippen LogP contribution in [0.2, 0.25) is 5.02 Å². The number of aromatic nitrogens is 3. The van der Waals surface area contributed by atoms with E-state index in [0.717, 1.165) is 38.5 Å². The summed E-state index contributed by atoms with van der Waals surface area (Å²) >= 11 is 8.26. The van der Waals surface area contributed by atoms with Crippen LogP contribution < -0.4 is 25.6 Å². The molecule has 3 aliphatic rings. The van der Waals surface area contributed by atoms with Crippen molar-refractivity contribution in [1.82, 2.24) is 40.3 Å². The Hall–Kier alpha value is -7.22. The Kier molecular flexibility index (Phi) is 17.3. The van der Waals surface area contributed by atoms with E-state index in [1.165, 1.54) is 28.4 Å². The zero-order valence-corrected chi connectivity index (χ0v) is 45.1. The summed E-state index contributed by atoms with van der Waals surface area (Å²) in [5, 5.41) is 24.1. The number of halogens is 2.